The summed E-state index contributed by atoms with van der Waals surface area (Å²) in [5.41, 5.74) is 2.95. The maximum atomic E-state index is 12.2. The molecule has 0 aliphatic carbocycles. The van der Waals surface area contributed by atoms with Crippen molar-refractivity contribution in [3.05, 3.63) is 89.5 Å². The molecule has 176 valence electrons. The van der Waals surface area contributed by atoms with Crippen LogP contribution in [-0.2, 0) is 20.9 Å². The molecule has 2 amide bonds. The fraction of sp³-hybridized carbons (Fsp3) is 0.192. The standard InChI is InChI=1S/C26H26N2O6/c1-18-6-8-19(9-7-18)15-27-24(29)16-34-26(31)20-10-12-22(13-11-20)33-17-25(30)28-21-4-3-5-23(14-21)32-2/h3-14H,15-17H2,1-2H3,(H,27,29)(H,28,30). The number of esters is 1. The van der Waals surface area contributed by atoms with Gasteiger partial charge in [0.05, 0.1) is 12.7 Å². The lowest BCUT2D eigenvalue weighted by molar-refractivity contribution is -0.124. The van der Waals surface area contributed by atoms with Crippen LogP contribution in [-0.4, -0.2) is 38.1 Å². The van der Waals surface area contributed by atoms with Crippen molar-refractivity contribution in [2.45, 2.75) is 13.5 Å². The number of rotatable bonds is 10. The van der Waals surface area contributed by atoms with Gasteiger partial charge in [0, 0.05) is 18.3 Å². The zero-order valence-corrected chi connectivity index (χ0v) is 19.0. The smallest absolute Gasteiger partial charge is 0.338 e. The number of benzene rings is 3. The normalized spacial score (nSPS) is 10.2. The Labute approximate surface area is 197 Å². The van der Waals surface area contributed by atoms with E-state index < -0.39 is 11.9 Å². The van der Waals surface area contributed by atoms with Crippen LogP contribution in [0.2, 0.25) is 0 Å². The number of aryl methyl sites for hydroxylation is 1. The lowest BCUT2D eigenvalue weighted by atomic mass is 10.1. The minimum absolute atomic E-state index is 0.206. The molecular formula is C26H26N2O6. The molecule has 0 aromatic heterocycles. The average Bonchev–Trinajstić information content (AvgIpc) is 2.86. The van der Waals surface area contributed by atoms with Gasteiger partial charge in [-0.3, -0.25) is 9.59 Å². The van der Waals surface area contributed by atoms with Gasteiger partial charge in [0.1, 0.15) is 11.5 Å². The second-order valence-corrected chi connectivity index (χ2v) is 7.43. The summed E-state index contributed by atoms with van der Waals surface area (Å²) in [6.07, 6.45) is 0. The van der Waals surface area contributed by atoms with Crippen molar-refractivity contribution >= 4 is 23.5 Å². The van der Waals surface area contributed by atoms with E-state index in [1.165, 1.54) is 12.1 Å². The number of amides is 2. The number of ether oxygens (including phenoxy) is 3. The van der Waals surface area contributed by atoms with Crippen molar-refractivity contribution in [1.82, 2.24) is 5.32 Å². The number of nitrogens with one attached hydrogen (secondary N) is 2. The molecule has 0 saturated carbocycles. The number of hydrogen-bond donors (Lipinski definition) is 2. The maximum absolute atomic E-state index is 12.2. The SMILES string of the molecule is COc1cccc(NC(=O)COc2ccc(C(=O)OCC(=O)NCc3ccc(C)cc3)cc2)c1. The highest BCUT2D eigenvalue weighted by Gasteiger charge is 2.11. The molecule has 3 rings (SSSR count). The number of hydrogen-bond acceptors (Lipinski definition) is 6. The van der Waals surface area contributed by atoms with Crippen LogP contribution in [0.3, 0.4) is 0 Å². The zero-order valence-electron chi connectivity index (χ0n) is 19.0. The van der Waals surface area contributed by atoms with Crippen LogP contribution in [0.4, 0.5) is 5.69 Å². The molecule has 34 heavy (non-hydrogen) atoms. The molecule has 0 atom stereocenters. The van der Waals surface area contributed by atoms with Crippen LogP contribution in [0.25, 0.3) is 0 Å². The third-order valence-electron chi connectivity index (χ3n) is 4.76. The first kappa shape index (κ1) is 24.3. The van der Waals surface area contributed by atoms with Gasteiger partial charge in [0.2, 0.25) is 0 Å². The van der Waals surface area contributed by atoms with Crippen LogP contribution >= 0.6 is 0 Å². The molecule has 0 fully saturated rings. The van der Waals surface area contributed by atoms with Gasteiger partial charge in [-0.25, -0.2) is 4.79 Å². The lowest BCUT2D eigenvalue weighted by Crippen LogP contribution is -2.28. The van der Waals surface area contributed by atoms with Gasteiger partial charge in [-0.05, 0) is 48.9 Å². The monoisotopic (exact) mass is 462 g/mol. The first-order chi connectivity index (χ1) is 16.4. The largest absolute Gasteiger partial charge is 0.497 e. The van der Waals surface area contributed by atoms with E-state index in [9.17, 15) is 14.4 Å². The number of carbonyl (C=O) groups is 3. The van der Waals surface area contributed by atoms with E-state index in [0.717, 1.165) is 11.1 Å². The van der Waals surface area contributed by atoms with E-state index in [2.05, 4.69) is 10.6 Å². The van der Waals surface area contributed by atoms with Crippen LogP contribution in [0.15, 0.2) is 72.8 Å². The minimum atomic E-state index is -0.632. The summed E-state index contributed by atoms with van der Waals surface area (Å²) in [7, 11) is 1.55. The van der Waals surface area contributed by atoms with Gasteiger partial charge in [-0.1, -0.05) is 35.9 Å². The molecule has 3 aromatic carbocycles. The first-order valence-corrected chi connectivity index (χ1v) is 10.6. The van der Waals surface area contributed by atoms with Crippen molar-refractivity contribution in [3.8, 4) is 11.5 Å². The third-order valence-corrected chi connectivity index (χ3v) is 4.76. The second-order valence-electron chi connectivity index (χ2n) is 7.43. The Morgan fingerprint density at radius 3 is 2.26 bits per heavy atom. The van der Waals surface area contributed by atoms with Crippen LogP contribution in [0, 0.1) is 6.92 Å². The van der Waals surface area contributed by atoms with Crippen LogP contribution in [0.5, 0.6) is 11.5 Å². The Morgan fingerprint density at radius 1 is 0.824 bits per heavy atom. The van der Waals surface area contributed by atoms with Crippen LogP contribution in [0.1, 0.15) is 21.5 Å². The van der Waals surface area contributed by atoms with Gasteiger partial charge in [0.25, 0.3) is 11.8 Å². The average molecular weight is 463 g/mol. The Kier molecular flexibility index (Phi) is 8.62. The topological polar surface area (TPSA) is 103 Å². The van der Waals surface area contributed by atoms with E-state index in [-0.39, 0.29) is 24.7 Å². The molecule has 0 spiro atoms. The van der Waals surface area contributed by atoms with E-state index in [0.29, 0.717) is 23.7 Å². The van der Waals surface area contributed by atoms with Gasteiger partial charge >= 0.3 is 5.97 Å². The fourth-order valence-corrected chi connectivity index (χ4v) is 2.91. The molecule has 8 heteroatoms. The van der Waals surface area contributed by atoms with Crippen molar-refractivity contribution in [2.75, 3.05) is 25.6 Å². The predicted molar refractivity (Wildman–Crippen MR) is 127 cm³/mol. The fourth-order valence-electron chi connectivity index (χ4n) is 2.91. The highest BCUT2D eigenvalue weighted by molar-refractivity contribution is 5.92. The van der Waals surface area contributed by atoms with Crippen LogP contribution < -0.4 is 20.1 Å². The van der Waals surface area contributed by atoms with Crippen molar-refractivity contribution in [3.63, 3.8) is 0 Å². The maximum Gasteiger partial charge on any atom is 0.338 e. The van der Waals surface area contributed by atoms with Gasteiger partial charge in [0.15, 0.2) is 13.2 Å². The number of anilines is 1. The second kappa shape index (κ2) is 12.1. The Hall–Kier alpha value is -4.33. The Bertz CT molecular complexity index is 1130. The predicted octanol–water partition coefficient (Wildman–Crippen LogP) is 3.49. The highest BCUT2D eigenvalue weighted by atomic mass is 16.5. The Morgan fingerprint density at radius 2 is 1.56 bits per heavy atom. The molecule has 0 heterocycles. The molecule has 8 nitrogen and oxygen atoms in total. The van der Waals surface area contributed by atoms with Crippen molar-refractivity contribution in [1.29, 1.82) is 0 Å². The third kappa shape index (κ3) is 7.67. The molecule has 0 saturated heterocycles. The van der Waals surface area contributed by atoms with Gasteiger partial charge < -0.3 is 24.8 Å². The van der Waals surface area contributed by atoms with E-state index in [1.54, 1.807) is 43.5 Å². The first-order valence-electron chi connectivity index (χ1n) is 10.6. The summed E-state index contributed by atoms with van der Waals surface area (Å²) in [5.74, 6) is -0.324. The zero-order chi connectivity index (χ0) is 24.3. The summed E-state index contributed by atoms with van der Waals surface area (Å²) in [4.78, 5) is 36.2. The lowest BCUT2D eigenvalue weighted by Gasteiger charge is -2.09. The summed E-state index contributed by atoms with van der Waals surface area (Å²) in [6.45, 7) is 1.75. The Balaban J connectivity index is 1.39. The van der Waals surface area contributed by atoms with Crippen molar-refractivity contribution in [2.24, 2.45) is 0 Å². The number of methoxy groups -OCH3 is 1. The molecule has 0 aliphatic rings. The quantitative estimate of drug-likeness (QED) is 0.447. The number of carbonyl (C=O) groups excluding carboxylic acids is 3. The van der Waals surface area contributed by atoms with E-state index in [4.69, 9.17) is 14.2 Å². The summed E-state index contributed by atoms with van der Waals surface area (Å²) in [5, 5.41) is 5.42. The highest BCUT2D eigenvalue weighted by Crippen LogP contribution is 2.17. The molecule has 0 unspecified atom stereocenters. The molecule has 0 bridgehead atoms. The van der Waals surface area contributed by atoms with Gasteiger partial charge in [-0.15, -0.1) is 0 Å². The van der Waals surface area contributed by atoms with Gasteiger partial charge in [-0.2, -0.15) is 0 Å². The molecule has 0 radical (unpaired) electrons. The van der Waals surface area contributed by atoms with E-state index in [1.807, 2.05) is 31.2 Å². The summed E-state index contributed by atoms with van der Waals surface area (Å²) >= 11 is 0. The molecule has 0 aliphatic heterocycles. The minimum Gasteiger partial charge on any atom is -0.497 e. The van der Waals surface area contributed by atoms with Crippen molar-refractivity contribution < 1.29 is 28.6 Å². The molecular weight excluding hydrogens is 436 g/mol. The molecule has 2 N–H and O–H groups in total. The summed E-state index contributed by atoms with van der Waals surface area (Å²) in [6, 6.07) is 20.8. The molecule has 3 aromatic rings. The summed E-state index contributed by atoms with van der Waals surface area (Å²) < 4.78 is 15.6. The van der Waals surface area contributed by atoms with E-state index >= 15 is 0 Å².